The van der Waals surface area contributed by atoms with Gasteiger partial charge in [-0.05, 0) is 68.0 Å². The third-order valence-corrected chi connectivity index (χ3v) is 8.08. The molecule has 2 saturated carbocycles. The molecule has 1 N–H and O–H groups in total. The number of rotatable bonds is 7. The highest BCUT2D eigenvalue weighted by Gasteiger charge is 2.34. The molecule has 5 rings (SSSR count). The fraction of sp³-hybridized carbons (Fsp3) is 0.417. The molecule has 1 saturated heterocycles. The van der Waals surface area contributed by atoms with E-state index in [2.05, 4.69) is 5.32 Å². The number of hydrogen-bond acceptors (Lipinski definition) is 4. The molecule has 0 unspecified atom stereocenters. The lowest BCUT2D eigenvalue weighted by molar-refractivity contribution is 0.0729. The van der Waals surface area contributed by atoms with E-state index in [1.165, 1.54) is 4.31 Å². The number of hydrogen-bond donors (Lipinski definition) is 1. The smallest absolute Gasteiger partial charge is 0.254 e. The van der Waals surface area contributed by atoms with Crippen molar-refractivity contribution in [2.24, 2.45) is 0 Å². The van der Waals surface area contributed by atoms with E-state index in [0.29, 0.717) is 42.4 Å². The summed E-state index contributed by atoms with van der Waals surface area (Å²) in [6.07, 6.45) is 4.63. The van der Waals surface area contributed by atoms with Crippen molar-refractivity contribution in [2.45, 2.75) is 50.7 Å². The maximum absolute atomic E-state index is 13.4. The molecule has 8 heteroatoms. The van der Waals surface area contributed by atoms with Crippen LogP contribution in [0.2, 0.25) is 0 Å². The fourth-order valence-corrected chi connectivity index (χ4v) is 5.65. The summed E-state index contributed by atoms with van der Waals surface area (Å²) in [5.74, 6) is -0.00187. The molecule has 2 aromatic rings. The minimum atomic E-state index is -3.29. The van der Waals surface area contributed by atoms with Crippen LogP contribution in [0.4, 0.5) is 5.69 Å². The van der Waals surface area contributed by atoms with Gasteiger partial charge in [0.1, 0.15) is 0 Å². The Labute approximate surface area is 188 Å². The van der Waals surface area contributed by atoms with Gasteiger partial charge in [0.2, 0.25) is 10.0 Å². The van der Waals surface area contributed by atoms with Gasteiger partial charge in [-0.3, -0.25) is 13.9 Å². The van der Waals surface area contributed by atoms with Crippen LogP contribution in [0, 0.1) is 0 Å². The average Bonchev–Trinajstić information content (AvgIpc) is 3.71. The summed E-state index contributed by atoms with van der Waals surface area (Å²) in [6.45, 7) is 0.910. The summed E-state index contributed by atoms with van der Waals surface area (Å²) in [6, 6.07) is 14.8. The first-order valence-corrected chi connectivity index (χ1v) is 12.8. The van der Waals surface area contributed by atoms with Crippen LogP contribution >= 0.6 is 0 Å². The Bertz CT molecular complexity index is 1140. The van der Waals surface area contributed by atoms with Crippen molar-refractivity contribution in [3.63, 3.8) is 0 Å². The number of nitrogens with one attached hydrogen (secondary N) is 1. The number of benzene rings is 2. The Morgan fingerprint density at radius 3 is 2.38 bits per heavy atom. The predicted molar refractivity (Wildman–Crippen MR) is 122 cm³/mol. The van der Waals surface area contributed by atoms with Crippen LogP contribution in [0.5, 0.6) is 0 Å². The van der Waals surface area contributed by atoms with Gasteiger partial charge in [-0.2, -0.15) is 0 Å². The second-order valence-corrected chi connectivity index (χ2v) is 10.9. The van der Waals surface area contributed by atoms with Crippen molar-refractivity contribution >= 4 is 27.5 Å². The van der Waals surface area contributed by atoms with Crippen LogP contribution in [-0.2, 0) is 16.6 Å². The van der Waals surface area contributed by atoms with E-state index in [1.54, 1.807) is 24.3 Å². The molecular formula is C24H27N3O4S. The molecule has 0 atom stereocenters. The number of amides is 2. The first kappa shape index (κ1) is 21.0. The molecule has 0 bridgehead atoms. The van der Waals surface area contributed by atoms with Crippen molar-refractivity contribution in [3.05, 3.63) is 65.2 Å². The number of sulfonamides is 1. The fourth-order valence-electron chi connectivity index (χ4n) is 4.10. The molecule has 2 aromatic carbocycles. The Balaban J connectivity index is 1.32. The molecule has 2 aliphatic carbocycles. The van der Waals surface area contributed by atoms with Crippen molar-refractivity contribution in [1.82, 2.24) is 10.2 Å². The number of nitrogens with zero attached hydrogens (tertiary/aromatic N) is 2. The maximum atomic E-state index is 13.4. The van der Waals surface area contributed by atoms with Crippen LogP contribution in [-0.4, -0.2) is 49.5 Å². The SMILES string of the molecule is O=C(NC1CC1)c1ccc(CN(C(=O)c2cccc(N3CCCS3(=O)=O)c2)C2CC2)cc1. The minimum Gasteiger partial charge on any atom is -0.349 e. The van der Waals surface area contributed by atoms with E-state index in [1.807, 2.05) is 29.2 Å². The zero-order valence-electron chi connectivity index (χ0n) is 17.9. The third-order valence-electron chi connectivity index (χ3n) is 6.21. The Morgan fingerprint density at radius 2 is 1.75 bits per heavy atom. The molecule has 1 heterocycles. The van der Waals surface area contributed by atoms with Crippen LogP contribution < -0.4 is 9.62 Å². The lowest BCUT2D eigenvalue weighted by Crippen LogP contribution is -2.33. The van der Waals surface area contributed by atoms with Crippen LogP contribution in [0.1, 0.15) is 58.4 Å². The molecule has 3 aliphatic rings. The van der Waals surface area contributed by atoms with Crippen molar-refractivity contribution < 1.29 is 18.0 Å². The molecule has 3 fully saturated rings. The highest BCUT2D eigenvalue weighted by molar-refractivity contribution is 7.93. The van der Waals surface area contributed by atoms with Gasteiger partial charge in [0.25, 0.3) is 11.8 Å². The van der Waals surface area contributed by atoms with Gasteiger partial charge >= 0.3 is 0 Å². The largest absolute Gasteiger partial charge is 0.349 e. The quantitative estimate of drug-likeness (QED) is 0.698. The van der Waals surface area contributed by atoms with Crippen molar-refractivity contribution in [2.75, 3.05) is 16.6 Å². The van der Waals surface area contributed by atoms with E-state index in [4.69, 9.17) is 0 Å². The molecule has 2 amide bonds. The zero-order valence-corrected chi connectivity index (χ0v) is 18.7. The first-order chi connectivity index (χ1) is 15.4. The standard InChI is InChI=1S/C24H27N3O4S/c28-23(25-20-9-10-20)18-7-5-17(6-8-18)16-26(21-11-12-21)24(29)19-3-1-4-22(15-19)27-13-2-14-32(27,30)31/h1,3-8,15,20-21H,2,9-14,16H2,(H,25,28). The lowest BCUT2D eigenvalue weighted by atomic mass is 10.1. The topological polar surface area (TPSA) is 86.8 Å². The van der Waals surface area contributed by atoms with E-state index in [9.17, 15) is 18.0 Å². The van der Waals surface area contributed by atoms with Gasteiger partial charge in [-0.25, -0.2) is 8.42 Å². The van der Waals surface area contributed by atoms with Crippen molar-refractivity contribution in [3.8, 4) is 0 Å². The van der Waals surface area contributed by atoms with Gasteiger partial charge in [0, 0.05) is 36.3 Å². The Morgan fingerprint density at radius 1 is 1.00 bits per heavy atom. The monoisotopic (exact) mass is 453 g/mol. The number of carbonyl (C=O) groups is 2. The van der Waals surface area contributed by atoms with E-state index in [0.717, 1.165) is 31.2 Å². The minimum absolute atomic E-state index is 0.0529. The Hall–Kier alpha value is -2.87. The van der Waals surface area contributed by atoms with Gasteiger partial charge in [0.05, 0.1) is 11.4 Å². The first-order valence-electron chi connectivity index (χ1n) is 11.2. The number of carbonyl (C=O) groups excluding carboxylic acids is 2. The molecule has 168 valence electrons. The second-order valence-electron chi connectivity index (χ2n) is 8.90. The molecule has 0 radical (unpaired) electrons. The van der Waals surface area contributed by atoms with Gasteiger partial charge in [0.15, 0.2) is 0 Å². The van der Waals surface area contributed by atoms with Gasteiger partial charge < -0.3 is 10.2 Å². The highest BCUT2D eigenvalue weighted by Crippen LogP contribution is 2.31. The summed E-state index contributed by atoms with van der Waals surface area (Å²) in [7, 11) is -3.29. The van der Waals surface area contributed by atoms with E-state index in [-0.39, 0.29) is 23.6 Å². The maximum Gasteiger partial charge on any atom is 0.254 e. The summed E-state index contributed by atoms with van der Waals surface area (Å²) in [5.41, 5.74) is 2.64. The van der Waals surface area contributed by atoms with Gasteiger partial charge in [-0.1, -0.05) is 18.2 Å². The highest BCUT2D eigenvalue weighted by atomic mass is 32.2. The normalized spacial score (nSPS) is 19.6. The average molecular weight is 454 g/mol. The van der Waals surface area contributed by atoms with Gasteiger partial charge in [-0.15, -0.1) is 0 Å². The molecule has 7 nitrogen and oxygen atoms in total. The van der Waals surface area contributed by atoms with E-state index >= 15 is 0 Å². The third kappa shape index (κ3) is 4.50. The molecule has 32 heavy (non-hydrogen) atoms. The molecular weight excluding hydrogens is 426 g/mol. The molecule has 0 aromatic heterocycles. The summed E-state index contributed by atoms with van der Waals surface area (Å²) >= 11 is 0. The van der Waals surface area contributed by atoms with Crippen LogP contribution in [0.25, 0.3) is 0 Å². The predicted octanol–water partition coefficient (Wildman–Crippen LogP) is 2.92. The number of anilines is 1. The summed E-state index contributed by atoms with van der Waals surface area (Å²) in [4.78, 5) is 27.4. The molecule has 1 aliphatic heterocycles. The summed E-state index contributed by atoms with van der Waals surface area (Å²) in [5, 5.41) is 2.98. The lowest BCUT2D eigenvalue weighted by Gasteiger charge is -2.24. The molecule has 0 spiro atoms. The van der Waals surface area contributed by atoms with Crippen molar-refractivity contribution in [1.29, 1.82) is 0 Å². The van der Waals surface area contributed by atoms with E-state index < -0.39 is 10.0 Å². The van der Waals surface area contributed by atoms with Crippen LogP contribution in [0.15, 0.2) is 48.5 Å². The van der Waals surface area contributed by atoms with Crippen LogP contribution in [0.3, 0.4) is 0 Å². The second kappa shape index (κ2) is 8.24. The Kier molecular flexibility index (Phi) is 5.41. The summed E-state index contributed by atoms with van der Waals surface area (Å²) < 4.78 is 26.0. The zero-order chi connectivity index (χ0) is 22.3.